The summed E-state index contributed by atoms with van der Waals surface area (Å²) in [4.78, 5) is 0. The van der Waals surface area contributed by atoms with E-state index in [9.17, 15) is 0 Å². The highest BCUT2D eigenvalue weighted by Crippen LogP contribution is 2.26. The number of morpholine rings is 1. The zero-order valence-corrected chi connectivity index (χ0v) is 11.1. The summed E-state index contributed by atoms with van der Waals surface area (Å²) in [7, 11) is 0. The molecule has 0 amide bonds. The molecule has 1 fully saturated rings. The highest BCUT2D eigenvalue weighted by atomic mass is 16.5. The summed E-state index contributed by atoms with van der Waals surface area (Å²) < 4.78 is 6.28. The van der Waals surface area contributed by atoms with Crippen LogP contribution in [0.1, 0.15) is 26.3 Å². The maximum absolute atomic E-state index is 6.28. The minimum absolute atomic E-state index is 0.0301. The Balaban J connectivity index is 1.99. The third kappa shape index (κ3) is 3.08. The first-order valence-corrected chi connectivity index (χ1v) is 6.52. The van der Waals surface area contributed by atoms with E-state index in [1.165, 1.54) is 5.56 Å². The second kappa shape index (κ2) is 5.19. The summed E-state index contributed by atoms with van der Waals surface area (Å²) in [5, 5.41) is 3.50. The van der Waals surface area contributed by atoms with E-state index < -0.39 is 0 Å². The molecule has 2 atom stereocenters. The molecule has 2 heteroatoms. The Labute approximate surface area is 104 Å². The van der Waals surface area contributed by atoms with Crippen LogP contribution in [0.15, 0.2) is 30.3 Å². The number of hydrogen-bond donors (Lipinski definition) is 1. The van der Waals surface area contributed by atoms with Crippen molar-refractivity contribution in [3.8, 4) is 0 Å². The normalized spacial score (nSPS) is 29.5. The van der Waals surface area contributed by atoms with Crippen LogP contribution in [0.2, 0.25) is 0 Å². The Morgan fingerprint density at radius 3 is 2.71 bits per heavy atom. The lowest BCUT2D eigenvalue weighted by atomic mass is 9.90. The lowest BCUT2D eigenvalue weighted by Crippen LogP contribution is -2.55. The van der Waals surface area contributed by atoms with Crippen LogP contribution in [0.5, 0.6) is 0 Å². The van der Waals surface area contributed by atoms with Gasteiger partial charge in [-0.1, -0.05) is 44.2 Å². The second-order valence-electron chi connectivity index (χ2n) is 5.53. The van der Waals surface area contributed by atoms with Crippen LogP contribution in [-0.2, 0) is 11.2 Å². The number of rotatable bonds is 3. The summed E-state index contributed by atoms with van der Waals surface area (Å²) in [6.45, 7) is 8.58. The van der Waals surface area contributed by atoms with Crippen molar-refractivity contribution in [3.05, 3.63) is 35.9 Å². The van der Waals surface area contributed by atoms with Crippen molar-refractivity contribution in [2.24, 2.45) is 5.92 Å². The molecular weight excluding hydrogens is 210 g/mol. The molecule has 0 aromatic heterocycles. The fraction of sp³-hybridized carbons (Fsp3) is 0.600. The number of ether oxygens (including phenoxy) is 1. The molecule has 1 aliphatic rings. The minimum Gasteiger partial charge on any atom is -0.369 e. The van der Waals surface area contributed by atoms with Crippen LogP contribution in [0.25, 0.3) is 0 Å². The van der Waals surface area contributed by atoms with Gasteiger partial charge in [-0.2, -0.15) is 0 Å². The molecular formula is C15H23NO. The number of nitrogens with one attached hydrogen (secondary N) is 1. The van der Waals surface area contributed by atoms with Crippen molar-refractivity contribution in [2.75, 3.05) is 13.1 Å². The van der Waals surface area contributed by atoms with Gasteiger partial charge in [0.1, 0.15) is 0 Å². The molecule has 1 aromatic rings. The molecule has 2 nitrogen and oxygen atoms in total. The molecule has 1 heterocycles. The Kier molecular flexibility index (Phi) is 3.85. The van der Waals surface area contributed by atoms with Crippen molar-refractivity contribution in [3.63, 3.8) is 0 Å². The smallest absolute Gasteiger partial charge is 0.0805 e. The maximum atomic E-state index is 6.28. The monoisotopic (exact) mass is 233 g/mol. The molecule has 0 bridgehead atoms. The van der Waals surface area contributed by atoms with Crippen molar-refractivity contribution in [2.45, 2.75) is 38.9 Å². The van der Waals surface area contributed by atoms with Crippen LogP contribution in [0.4, 0.5) is 0 Å². The van der Waals surface area contributed by atoms with Gasteiger partial charge in [-0.05, 0) is 24.8 Å². The first kappa shape index (κ1) is 12.6. The molecule has 0 spiro atoms. The van der Waals surface area contributed by atoms with Gasteiger partial charge in [-0.3, -0.25) is 0 Å². The average Bonchev–Trinajstić information content (AvgIpc) is 2.30. The summed E-state index contributed by atoms with van der Waals surface area (Å²) in [5.41, 5.74) is 1.32. The van der Waals surface area contributed by atoms with E-state index in [-0.39, 0.29) is 5.60 Å². The van der Waals surface area contributed by atoms with Crippen molar-refractivity contribution in [1.29, 1.82) is 0 Å². The largest absolute Gasteiger partial charge is 0.369 e. The summed E-state index contributed by atoms with van der Waals surface area (Å²) in [5.74, 6) is 0.536. The Bertz CT molecular complexity index is 349. The third-order valence-electron chi connectivity index (χ3n) is 3.81. The molecule has 2 rings (SSSR count). The van der Waals surface area contributed by atoms with Gasteiger partial charge >= 0.3 is 0 Å². The topological polar surface area (TPSA) is 21.3 Å². The average molecular weight is 233 g/mol. The zero-order chi connectivity index (χ0) is 12.3. The standard InChI is InChI=1S/C15H23NO/c1-12(2)15(3)11-16-10-14(17-15)9-13-7-5-4-6-8-13/h4-8,12,14,16H,9-11H2,1-3H3. The van der Waals surface area contributed by atoms with E-state index in [4.69, 9.17) is 4.74 Å². The lowest BCUT2D eigenvalue weighted by molar-refractivity contribution is -0.129. The SMILES string of the molecule is CC(C)C1(C)CNCC(Cc2ccccc2)O1. The molecule has 2 unspecified atom stereocenters. The van der Waals surface area contributed by atoms with E-state index in [1.54, 1.807) is 0 Å². The lowest BCUT2D eigenvalue weighted by Gasteiger charge is -2.42. The number of hydrogen-bond acceptors (Lipinski definition) is 2. The van der Waals surface area contributed by atoms with Crippen LogP contribution >= 0.6 is 0 Å². The van der Waals surface area contributed by atoms with Gasteiger partial charge in [0.15, 0.2) is 0 Å². The molecule has 1 aliphatic heterocycles. The summed E-state index contributed by atoms with van der Waals surface area (Å²) in [6.07, 6.45) is 1.29. The third-order valence-corrected chi connectivity index (χ3v) is 3.81. The van der Waals surface area contributed by atoms with E-state index in [2.05, 4.69) is 56.4 Å². The van der Waals surface area contributed by atoms with Gasteiger partial charge in [-0.25, -0.2) is 0 Å². The predicted octanol–water partition coefficient (Wildman–Crippen LogP) is 2.63. The summed E-state index contributed by atoms with van der Waals surface area (Å²) in [6, 6.07) is 10.6. The fourth-order valence-corrected chi connectivity index (χ4v) is 2.28. The predicted molar refractivity (Wildman–Crippen MR) is 71.1 cm³/mol. The van der Waals surface area contributed by atoms with Crippen molar-refractivity contribution >= 4 is 0 Å². The minimum atomic E-state index is -0.0301. The van der Waals surface area contributed by atoms with Gasteiger partial charge in [0, 0.05) is 13.1 Å². The molecule has 17 heavy (non-hydrogen) atoms. The maximum Gasteiger partial charge on any atom is 0.0805 e. The molecule has 0 aliphatic carbocycles. The van der Waals surface area contributed by atoms with Gasteiger partial charge in [0.25, 0.3) is 0 Å². The zero-order valence-electron chi connectivity index (χ0n) is 11.1. The number of benzene rings is 1. The van der Waals surface area contributed by atoms with Gasteiger partial charge in [0.2, 0.25) is 0 Å². The van der Waals surface area contributed by atoms with E-state index in [0.717, 1.165) is 19.5 Å². The highest BCUT2D eigenvalue weighted by molar-refractivity contribution is 5.16. The molecule has 1 aromatic carbocycles. The van der Waals surface area contributed by atoms with Gasteiger partial charge in [-0.15, -0.1) is 0 Å². The van der Waals surface area contributed by atoms with Gasteiger partial charge in [0.05, 0.1) is 11.7 Å². The van der Waals surface area contributed by atoms with E-state index >= 15 is 0 Å². The van der Waals surface area contributed by atoms with Crippen LogP contribution < -0.4 is 5.32 Å². The molecule has 0 saturated carbocycles. The molecule has 1 saturated heterocycles. The molecule has 1 N–H and O–H groups in total. The fourth-order valence-electron chi connectivity index (χ4n) is 2.28. The van der Waals surface area contributed by atoms with Crippen LogP contribution in [-0.4, -0.2) is 24.8 Å². The Morgan fingerprint density at radius 2 is 2.06 bits per heavy atom. The van der Waals surface area contributed by atoms with Crippen LogP contribution in [0.3, 0.4) is 0 Å². The van der Waals surface area contributed by atoms with E-state index in [0.29, 0.717) is 12.0 Å². The van der Waals surface area contributed by atoms with Gasteiger partial charge < -0.3 is 10.1 Å². The second-order valence-corrected chi connectivity index (χ2v) is 5.53. The molecule has 94 valence electrons. The first-order valence-electron chi connectivity index (χ1n) is 6.52. The quantitative estimate of drug-likeness (QED) is 0.866. The van der Waals surface area contributed by atoms with Crippen molar-refractivity contribution < 1.29 is 4.74 Å². The molecule has 0 radical (unpaired) electrons. The summed E-state index contributed by atoms with van der Waals surface area (Å²) >= 11 is 0. The Morgan fingerprint density at radius 1 is 1.35 bits per heavy atom. The first-order chi connectivity index (χ1) is 8.10. The van der Waals surface area contributed by atoms with E-state index in [1.807, 2.05) is 0 Å². The van der Waals surface area contributed by atoms with Crippen LogP contribution in [0, 0.1) is 5.92 Å². The highest BCUT2D eigenvalue weighted by Gasteiger charge is 2.35. The Hall–Kier alpha value is -0.860. The van der Waals surface area contributed by atoms with Crippen molar-refractivity contribution in [1.82, 2.24) is 5.32 Å².